The zero-order valence-corrected chi connectivity index (χ0v) is 16.5. The van der Waals surface area contributed by atoms with E-state index in [1.165, 1.54) is 25.0 Å². The van der Waals surface area contributed by atoms with Crippen LogP contribution >= 0.6 is 11.6 Å². The number of aromatic nitrogens is 4. The molecule has 0 aromatic carbocycles. The number of nitrogens with zero attached hydrogens (tertiary/aromatic N) is 5. The second-order valence-corrected chi connectivity index (χ2v) is 8.89. The quantitative estimate of drug-likeness (QED) is 0.710. The Morgan fingerprint density at radius 2 is 1.86 bits per heavy atom. The zero-order chi connectivity index (χ0) is 18.7. The van der Waals surface area contributed by atoms with Crippen LogP contribution in [0, 0.1) is 11.8 Å². The number of hydrogen-bond acceptors (Lipinski definition) is 7. The number of aromatic amines is 1. The van der Waals surface area contributed by atoms with Gasteiger partial charge >= 0.3 is 0 Å². The molecule has 2 aliphatic heterocycles. The molecule has 0 spiro atoms. The van der Waals surface area contributed by atoms with E-state index in [1.807, 2.05) is 0 Å². The summed E-state index contributed by atoms with van der Waals surface area (Å²) in [5.41, 5.74) is 1.19. The Kier molecular flexibility index (Phi) is 3.91. The number of H-pyrrole nitrogens is 1. The standard InChI is InChI=1S/C19H25ClN8/c20-16-17(22-15-8-14(25-26-15)11-1-2-11)23-19(28-9-12-7-13(12)10-28)24-18(16)27-5-3-21-4-6-27/h8,11-13,21H,1-7,9-10H2,(H2,22,23,24,25,26). The first-order valence-electron chi connectivity index (χ1n) is 10.3. The Hall–Kier alpha value is -2.06. The second-order valence-electron chi connectivity index (χ2n) is 8.52. The van der Waals surface area contributed by atoms with E-state index in [0.717, 1.165) is 68.7 Å². The predicted octanol–water partition coefficient (Wildman–Crippen LogP) is 2.34. The lowest BCUT2D eigenvalue weighted by molar-refractivity contribution is 0.584. The van der Waals surface area contributed by atoms with Crippen molar-refractivity contribution in [3.05, 3.63) is 16.8 Å². The fraction of sp³-hybridized carbons (Fsp3) is 0.632. The number of hydrogen-bond donors (Lipinski definition) is 3. The Morgan fingerprint density at radius 3 is 2.61 bits per heavy atom. The van der Waals surface area contributed by atoms with Crippen LogP contribution < -0.4 is 20.4 Å². The Balaban J connectivity index is 1.33. The number of nitrogens with one attached hydrogen (secondary N) is 3. The fourth-order valence-corrected chi connectivity index (χ4v) is 4.67. The maximum Gasteiger partial charge on any atom is 0.229 e. The van der Waals surface area contributed by atoms with E-state index in [4.69, 9.17) is 21.6 Å². The van der Waals surface area contributed by atoms with Crippen molar-refractivity contribution in [2.45, 2.75) is 25.2 Å². The van der Waals surface area contributed by atoms with E-state index in [9.17, 15) is 0 Å². The molecule has 4 heterocycles. The average molecular weight is 401 g/mol. The molecule has 4 aliphatic rings. The largest absolute Gasteiger partial charge is 0.353 e. The number of fused-ring (bicyclic) bond motifs is 1. The summed E-state index contributed by atoms with van der Waals surface area (Å²) in [6.45, 7) is 5.79. The van der Waals surface area contributed by atoms with Gasteiger partial charge in [0.15, 0.2) is 17.5 Å². The highest BCUT2D eigenvalue weighted by atomic mass is 35.5. The first kappa shape index (κ1) is 16.9. The van der Waals surface area contributed by atoms with Crippen LogP contribution in [0.1, 0.15) is 30.9 Å². The van der Waals surface area contributed by atoms with Gasteiger partial charge in [0, 0.05) is 56.9 Å². The maximum atomic E-state index is 6.78. The summed E-state index contributed by atoms with van der Waals surface area (Å²) in [4.78, 5) is 14.3. The van der Waals surface area contributed by atoms with Crippen molar-refractivity contribution < 1.29 is 0 Å². The number of rotatable bonds is 5. The lowest BCUT2D eigenvalue weighted by Crippen LogP contribution is -2.44. The molecule has 2 aromatic heterocycles. The van der Waals surface area contributed by atoms with Crippen LogP contribution in [0.2, 0.25) is 5.02 Å². The summed E-state index contributed by atoms with van der Waals surface area (Å²) in [6.07, 6.45) is 3.84. The number of halogens is 1. The molecule has 4 fully saturated rings. The molecule has 2 unspecified atom stereocenters. The fourth-order valence-electron chi connectivity index (χ4n) is 4.42. The maximum absolute atomic E-state index is 6.78. The van der Waals surface area contributed by atoms with Gasteiger partial charge in [-0.05, 0) is 31.1 Å². The van der Waals surface area contributed by atoms with Crippen LogP contribution in [0.4, 0.5) is 23.4 Å². The monoisotopic (exact) mass is 400 g/mol. The highest BCUT2D eigenvalue weighted by Crippen LogP contribution is 2.46. The van der Waals surface area contributed by atoms with Crippen molar-refractivity contribution >= 4 is 35.0 Å². The second kappa shape index (κ2) is 6.49. The van der Waals surface area contributed by atoms with Gasteiger partial charge in [-0.2, -0.15) is 15.1 Å². The van der Waals surface area contributed by atoms with Gasteiger partial charge in [0.1, 0.15) is 5.02 Å². The molecule has 2 saturated carbocycles. The summed E-state index contributed by atoms with van der Waals surface area (Å²) < 4.78 is 0. The molecular weight excluding hydrogens is 376 g/mol. The molecule has 0 radical (unpaired) electrons. The molecule has 8 nitrogen and oxygen atoms in total. The highest BCUT2D eigenvalue weighted by molar-refractivity contribution is 6.35. The van der Waals surface area contributed by atoms with Crippen molar-refractivity contribution in [2.24, 2.45) is 11.8 Å². The molecule has 0 amide bonds. The summed E-state index contributed by atoms with van der Waals surface area (Å²) in [6, 6.07) is 2.07. The first-order valence-corrected chi connectivity index (χ1v) is 10.7. The number of anilines is 4. The van der Waals surface area contributed by atoms with E-state index in [-0.39, 0.29) is 0 Å². The van der Waals surface area contributed by atoms with Gasteiger partial charge in [0.25, 0.3) is 0 Å². The summed E-state index contributed by atoms with van der Waals surface area (Å²) in [5, 5.41) is 14.9. The number of piperazine rings is 1. The molecule has 2 atom stereocenters. The van der Waals surface area contributed by atoms with Crippen LogP contribution in [0.3, 0.4) is 0 Å². The van der Waals surface area contributed by atoms with Crippen LogP contribution in [-0.4, -0.2) is 59.4 Å². The smallest absolute Gasteiger partial charge is 0.229 e. The minimum atomic E-state index is 0.575. The van der Waals surface area contributed by atoms with Gasteiger partial charge < -0.3 is 20.4 Å². The van der Waals surface area contributed by atoms with Gasteiger partial charge in [-0.1, -0.05) is 11.6 Å². The topological polar surface area (TPSA) is 85.0 Å². The minimum Gasteiger partial charge on any atom is -0.353 e. The van der Waals surface area contributed by atoms with E-state index in [1.54, 1.807) is 0 Å². The molecule has 2 saturated heterocycles. The first-order chi connectivity index (χ1) is 13.7. The molecule has 3 N–H and O–H groups in total. The highest BCUT2D eigenvalue weighted by Gasteiger charge is 2.46. The normalized spacial score (nSPS) is 26.5. The lowest BCUT2D eigenvalue weighted by Gasteiger charge is -2.30. The van der Waals surface area contributed by atoms with Gasteiger partial charge in [-0.25, -0.2) is 0 Å². The summed E-state index contributed by atoms with van der Waals surface area (Å²) >= 11 is 6.78. The molecule has 2 aromatic rings. The molecule has 9 heteroatoms. The van der Waals surface area contributed by atoms with E-state index >= 15 is 0 Å². The van der Waals surface area contributed by atoms with Crippen molar-refractivity contribution in [1.29, 1.82) is 0 Å². The Bertz CT molecular complexity index is 878. The third-order valence-electron chi connectivity index (χ3n) is 6.36. The Labute approximate surface area is 169 Å². The third kappa shape index (κ3) is 3.08. The van der Waals surface area contributed by atoms with Crippen LogP contribution in [0.5, 0.6) is 0 Å². The van der Waals surface area contributed by atoms with Crippen molar-refractivity contribution in [2.75, 3.05) is 54.4 Å². The summed E-state index contributed by atoms with van der Waals surface area (Å²) in [7, 11) is 0. The van der Waals surface area contributed by atoms with Crippen LogP contribution in [-0.2, 0) is 0 Å². The molecule has 0 bridgehead atoms. The third-order valence-corrected chi connectivity index (χ3v) is 6.71. The minimum absolute atomic E-state index is 0.575. The van der Waals surface area contributed by atoms with Crippen LogP contribution in [0.15, 0.2) is 6.07 Å². The van der Waals surface area contributed by atoms with E-state index < -0.39 is 0 Å². The number of piperidine rings is 1. The predicted molar refractivity (Wildman–Crippen MR) is 110 cm³/mol. The van der Waals surface area contributed by atoms with Gasteiger partial charge in [-0.3, -0.25) is 5.10 Å². The SMILES string of the molecule is Clc1c(Nc2cc(C3CC3)[nH]n2)nc(N2CC3CC3C2)nc1N1CCNCC1. The average Bonchev–Trinajstić information content (AvgIpc) is 3.63. The van der Waals surface area contributed by atoms with Gasteiger partial charge in [0.2, 0.25) is 5.95 Å². The van der Waals surface area contributed by atoms with Crippen molar-refractivity contribution in [3.8, 4) is 0 Å². The molecule has 28 heavy (non-hydrogen) atoms. The lowest BCUT2D eigenvalue weighted by atomic mass is 10.3. The van der Waals surface area contributed by atoms with Crippen LogP contribution in [0.25, 0.3) is 0 Å². The summed E-state index contributed by atoms with van der Waals surface area (Å²) in [5.74, 6) is 5.31. The van der Waals surface area contributed by atoms with Crippen molar-refractivity contribution in [3.63, 3.8) is 0 Å². The molecule has 2 aliphatic carbocycles. The molecular formula is C19H25ClN8. The van der Waals surface area contributed by atoms with E-state index in [2.05, 4.69) is 36.7 Å². The zero-order valence-electron chi connectivity index (χ0n) is 15.8. The molecule has 6 rings (SSSR count). The van der Waals surface area contributed by atoms with Gasteiger partial charge in [0.05, 0.1) is 0 Å². The van der Waals surface area contributed by atoms with E-state index in [0.29, 0.717) is 16.8 Å². The Morgan fingerprint density at radius 1 is 1.07 bits per heavy atom. The van der Waals surface area contributed by atoms with Crippen molar-refractivity contribution in [1.82, 2.24) is 25.5 Å². The van der Waals surface area contributed by atoms with Gasteiger partial charge in [-0.15, -0.1) is 0 Å². The molecule has 148 valence electrons.